The zero-order valence-electron chi connectivity index (χ0n) is 30.7. The summed E-state index contributed by atoms with van der Waals surface area (Å²) < 4.78 is 12.4. The van der Waals surface area contributed by atoms with E-state index in [1.807, 2.05) is 13.8 Å². The molecule has 0 heterocycles. The predicted octanol–water partition coefficient (Wildman–Crippen LogP) is 5.75. The fourth-order valence-corrected chi connectivity index (χ4v) is 11.9. The molecule has 0 radical (unpaired) electrons. The lowest BCUT2D eigenvalue weighted by Crippen LogP contribution is -2.76. The molecule has 0 amide bonds. The number of carbonyl (C=O) groups excluding carboxylic acids is 2. The van der Waals surface area contributed by atoms with Crippen LogP contribution in [-0.2, 0) is 19.1 Å². The molecule has 266 valence electrons. The van der Waals surface area contributed by atoms with E-state index < -0.39 is 71.0 Å². The van der Waals surface area contributed by atoms with Crippen molar-refractivity contribution >= 4 is 11.9 Å². The Kier molecular flexibility index (Phi) is 9.07. The minimum Gasteiger partial charge on any atom is -0.457 e. The SMILES string of the molecule is CC=C(C)C(=O)OC1C(OC(=O)C(C)C)C2(CO)C(CC1(C)C)C1=CCC3C4(C)CCC(O)C(C)(C)C4CCC3(C)C1(C)C(O)C2O. The second-order valence-electron chi connectivity index (χ2n) is 18.3. The average molecular weight is 659 g/mol. The van der Waals surface area contributed by atoms with Gasteiger partial charge < -0.3 is 29.9 Å². The standard InChI is InChI=1S/C39H62O8/c1-12-22(4)33(45)46-30-31(47-32(44)21(2)3)39(20-40)24(19-34(30,5)6)23-13-14-26-36(9)17-16-27(41)35(7,8)25(36)15-18-37(26,10)38(23,11)28(42)29(39)43/h12-13,21,24-31,40-43H,14-20H2,1-11H3. The first-order valence-corrected chi connectivity index (χ1v) is 18.0. The summed E-state index contributed by atoms with van der Waals surface area (Å²) in [5.74, 6) is -1.47. The van der Waals surface area contributed by atoms with Crippen molar-refractivity contribution in [2.75, 3.05) is 6.61 Å². The summed E-state index contributed by atoms with van der Waals surface area (Å²) in [7, 11) is 0. The highest BCUT2D eigenvalue weighted by Crippen LogP contribution is 2.76. The van der Waals surface area contributed by atoms with E-state index >= 15 is 0 Å². The molecule has 8 nitrogen and oxygen atoms in total. The van der Waals surface area contributed by atoms with Crippen LogP contribution < -0.4 is 0 Å². The number of allylic oxidation sites excluding steroid dienone is 2. The third-order valence-corrected chi connectivity index (χ3v) is 15.1. The van der Waals surface area contributed by atoms with E-state index in [2.05, 4.69) is 40.7 Å². The smallest absolute Gasteiger partial charge is 0.333 e. The van der Waals surface area contributed by atoms with Gasteiger partial charge in [-0.05, 0) is 86.4 Å². The van der Waals surface area contributed by atoms with Gasteiger partial charge in [0.05, 0.1) is 36.3 Å². The molecule has 12 atom stereocenters. The van der Waals surface area contributed by atoms with Crippen molar-refractivity contribution in [3.63, 3.8) is 0 Å². The van der Waals surface area contributed by atoms with E-state index in [0.717, 1.165) is 37.7 Å². The van der Waals surface area contributed by atoms with E-state index in [4.69, 9.17) is 9.47 Å². The minimum atomic E-state index is -1.50. The van der Waals surface area contributed by atoms with Gasteiger partial charge in [-0.15, -0.1) is 0 Å². The molecule has 5 aliphatic carbocycles. The zero-order valence-corrected chi connectivity index (χ0v) is 30.7. The molecule has 47 heavy (non-hydrogen) atoms. The van der Waals surface area contributed by atoms with Crippen molar-refractivity contribution in [3.8, 4) is 0 Å². The molecule has 0 aliphatic heterocycles. The Morgan fingerprint density at radius 1 is 0.936 bits per heavy atom. The first-order valence-electron chi connectivity index (χ1n) is 18.0. The molecule has 0 aromatic heterocycles. The first kappa shape index (κ1) is 36.5. The lowest BCUT2D eigenvalue weighted by molar-refractivity contribution is -0.293. The predicted molar refractivity (Wildman–Crippen MR) is 180 cm³/mol. The van der Waals surface area contributed by atoms with Crippen molar-refractivity contribution in [1.82, 2.24) is 0 Å². The number of rotatable bonds is 5. The van der Waals surface area contributed by atoms with Crippen molar-refractivity contribution < 1.29 is 39.5 Å². The second kappa shape index (κ2) is 11.7. The van der Waals surface area contributed by atoms with Crippen LogP contribution >= 0.6 is 0 Å². The van der Waals surface area contributed by atoms with Gasteiger partial charge >= 0.3 is 11.9 Å². The van der Waals surface area contributed by atoms with Crippen LogP contribution in [0.15, 0.2) is 23.3 Å². The summed E-state index contributed by atoms with van der Waals surface area (Å²) in [4.78, 5) is 26.6. The van der Waals surface area contributed by atoms with Gasteiger partial charge in [0, 0.05) is 16.4 Å². The van der Waals surface area contributed by atoms with Crippen LogP contribution in [0.2, 0.25) is 0 Å². The van der Waals surface area contributed by atoms with E-state index in [-0.39, 0.29) is 28.3 Å². The molecule has 0 spiro atoms. The highest BCUT2D eigenvalue weighted by atomic mass is 16.6. The summed E-state index contributed by atoms with van der Waals surface area (Å²) >= 11 is 0. The number of hydrogen-bond acceptors (Lipinski definition) is 8. The lowest BCUT2D eigenvalue weighted by Gasteiger charge is -2.73. The maximum Gasteiger partial charge on any atom is 0.333 e. The van der Waals surface area contributed by atoms with Crippen molar-refractivity contribution in [3.05, 3.63) is 23.3 Å². The lowest BCUT2D eigenvalue weighted by atomic mass is 9.32. The molecule has 4 saturated carbocycles. The first-order chi connectivity index (χ1) is 21.6. The van der Waals surface area contributed by atoms with Crippen molar-refractivity contribution in [2.45, 2.75) is 145 Å². The van der Waals surface area contributed by atoms with E-state index in [9.17, 15) is 30.0 Å². The maximum atomic E-state index is 13.4. The largest absolute Gasteiger partial charge is 0.457 e. The van der Waals surface area contributed by atoms with E-state index in [1.165, 1.54) is 0 Å². The molecule has 0 saturated heterocycles. The number of aliphatic hydroxyl groups is 4. The van der Waals surface area contributed by atoms with E-state index in [0.29, 0.717) is 17.9 Å². The maximum absolute atomic E-state index is 13.4. The highest BCUT2D eigenvalue weighted by Gasteiger charge is 2.76. The van der Waals surface area contributed by atoms with Crippen molar-refractivity contribution in [1.29, 1.82) is 0 Å². The van der Waals surface area contributed by atoms with Crippen LogP contribution in [-0.4, -0.2) is 69.5 Å². The zero-order chi connectivity index (χ0) is 35.3. The van der Waals surface area contributed by atoms with Crippen molar-refractivity contribution in [2.24, 2.45) is 56.2 Å². The Bertz CT molecular complexity index is 1330. The van der Waals surface area contributed by atoms with Gasteiger partial charge in [-0.1, -0.05) is 80.0 Å². The number of aliphatic hydroxyl groups excluding tert-OH is 4. The normalized spacial score (nSPS) is 47.1. The molecule has 12 unspecified atom stereocenters. The molecule has 4 fully saturated rings. The monoisotopic (exact) mass is 658 g/mol. The quantitative estimate of drug-likeness (QED) is 0.167. The molecular formula is C39H62O8. The van der Waals surface area contributed by atoms with Crippen LogP contribution in [0.3, 0.4) is 0 Å². The van der Waals surface area contributed by atoms with Crippen LogP contribution in [0.4, 0.5) is 0 Å². The molecule has 0 aromatic carbocycles. The summed E-state index contributed by atoms with van der Waals surface area (Å²) in [6, 6.07) is 0. The number of carbonyl (C=O) groups is 2. The number of fused-ring (bicyclic) bond motifs is 7. The Labute approximate surface area is 282 Å². The minimum absolute atomic E-state index is 0.0674. The fraction of sp³-hybridized carbons (Fsp3) is 0.846. The topological polar surface area (TPSA) is 134 Å². The number of esters is 2. The second-order valence-corrected chi connectivity index (χ2v) is 18.3. The summed E-state index contributed by atoms with van der Waals surface area (Å²) in [5.41, 5.74) is -2.30. The van der Waals surface area contributed by atoms with Crippen LogP contribution in [0, 0.1) is 56.2 Å². The third-order valence-electron chi connectivity index (χ3n) is 15.1. The summed E-state index contributed by atoms with van der Waals surface area (Å²) in [5, 5.41) is 47.6. The Balaban J connectivity index is 1.68. The van der Waals surface area contributed by atoms with Crippen LogP contribution in [0.1, 0.15) is 115 Å². The fourth-order valence-electron chi connectivity index (χ4n) is 11.9. The Morgan fingerprint density at radius 2 is 1.57 bits per heavy atom. The van der Waals surface area contributed by atoms with Gasteiger partial charge in [0.15, 0.2) is 6.10 Å². The molecular weight excluding hydrogens is 596 g/mol. The molecule has 0 aromatic rings. The average Bonchev–Trinajstić information content (AvgIpc) is 2.99. The van der Waals surface area contributed by atoms with E-state index in [1.54, 1.807) is 33.8 Å². The molecule has 5 aliphatic rings. The van der Waals surface area contributed by atoms with Crippen LogP contribution in [0.25, 0.3) is 0 Å². The molecule has 4 N–H and O–H groups in total. The number of hydrogen-bond donors (Lipinski definition) is 4. The highest BCUT2D eigenvalue weighted by molar-refractivity contribution is 5.87. The molecule has 0 bridgehead atoms. The van der Waals surface area contributed by atoms with Gasteiger partial charge in [-0.2, -0.15) is 0 Å². The van der Waals surface area contributed by atoms with Gasteiger partial charge in [0.25, 0.3) is 0 Å². The van der Waals surface area contributed by atoms with Gasteiger partial charge in [-0.3, -0.25) is 4.79 Å². The third kappa shape index (κ3) is 4.80. The molecule has 8 heteroatoms. The summed E-state index contributed by atoms with van der Waals surface area (Å²) in [6.45, 7) is 21.5. The van der Waals surface area contributed by atoms with Gasteiger partial charge in [0.2, 0.25) is 0 Å². The number of ether oxygens (including phenoxy) is 2. The van der Waals surface area contributed by atoms with Crippen LogP contribution in [0.5, 0.6) is 0 Å². The molecule has 5 rings (SSSR count). The van der Waals surface area contributed by atoms with Gasteiger partial charge in [0.1, 0.15) is 6.10 Å². The van der Waals surface area contributed by atoms with Gasteiger partial charge in [-0.25, -0.2) is 4.79 Å². The Morgan fingerprint density at radius 3 is 2.15 bits per heavy atom. The summed E-state index contributed by atoms with van der Waals surface area (Å²) in [6.07, 6.45) is 3.33. The Hall–Kier alpha value is -1.74.